The Hall–Kier alpha value is -1.38. The van der Waals surface area contributed by atoms with Gasteiger partial charge in [-0.1, -0.05) is 12.8 Å². The number of carbonyl (C=O) groups excluding carboxylic acids is 1. The molecule has 0 aliphatic carbocycles. The van der Waals surface area contributed by atoms with Crippen LogP contribution in [0, 0.1) is 0 Å². The molecule has 0 aromatic carbocycles. The molecule has 2 rings (SSSR count). The number of aromatic nitrogens is 1. The van der Waals surface area contributed by atoms with E-state index in [-0.39, 0.29) is 5.78 Å². The lowest BCUT2D eigenvalue weighted by molar-refractivity contribution is 0.101. The van der Waals surface area contributed by atoms with Crippen molar-refractivity contribution in [1.29, 1.82) is 0 Å². The molecule has 1 aromatic heterocycles. The van der Waals surface area contributed by atoms with Crippen LogP contribution in [0.1, 0.15) is 49.9 Å². The normalized spacial score (nSPS) is 21.1. The van der Waals surface area contributed by atoms with Gasteiger partial charge in [-0.3, -0.25) is 4.79 Å². The lowest BCUT2D eigenvalue weighted by Gasteiger charge is -2.29. The van der Waals surface area contributed by atoms with Crippen molar-refractivity contribution >= 4 is 11.6 Å². The van der Waals surface area contributed by atoms with E-state index in [2.05, 4.69) is 16.8 Å². The van der Waals surface area contributed by atoms with Crippen molar-refractivity contribution in [3.8, 4) is 0 Å². The van der Waals surface area contributed by atoms with Crippen LogP contribution in [-0.2, 0) is 0 Å². The summed E-state index contributed by atoms with van der Waals surface area (Å²) >= 11 is 0. The van der Waals surface area contributed by atoms with Crippen molar-refractivity contribution < 1.29 is 4.79 Å². The zero-order valence-corrected chi connectivity index (χ0v) is 10.6. The van der Waals surface area contributed by atoms with Crippen LogP contribution in [0.25, 0.3) is 0 Å². The zero-order valence-electron chi connectivity index (χ0n) is 10.6. The molecule has 0 radical (unpaired) electrons. The highest BCUT2D eigenvalue weighted by Gasteiger charge is 2.21. The second-order valence-electron chi connectivity index (χ2n) is 4.82. The fourth-order valence-electron chi connectivity index (χ4n) is 2.49. The Kier molecular flexibility index (Phi) is 3.77. The standard InChI is InChI=1S/C14H20N2O/c1-11-7-4-3-5-10-16(11)14-13(12(2)17)8-6-9-15-14/h6,8-9,11H,3-5,7,10H2,1-2H3. The van der Waals surface area contributed by atoms with Gasteiger partial charge in [-0.05, 0) is 38.8 Å². The molecule has 0 spiro atoms. The average molecular weight is 232 g/mol. The Labute approximate surface area is 103 Å². The van der Waals surface area contributed by atoms with Gasteiger partial charge in [-0.15, -0.1) is 0 Å². The summed E-state index contributed by atoms with van der Waals surface area (Å²) in [6.07, 6.45) is 6.72. The SMILES string of the molecule is CC(=O)c1cccnc1N1CCCCCC1C. The molecule has 1 aliphatic heterocycles. The minimum Gasteiger partial charge on any atom is -0.353 e. The number of rotatable bonds is 2. The molecule has 3 heteroatoms. The minimum absolute atomic E-state index is 0.101. The van der Waals surface area contributed by atoms with Crippen molar-refractivity contribution in [1.82, 2.24) is 4.98 Å². The van der Waals surface area contributed by atoms with Gasteiger partial charge in [0.15, 0.2) is 5.78 Å². The first-order valence-corrected chi connectivity index (χ1v) is 6.42. The monoisotopic (exact) mass is 232 g/mol. The minimum atomic E-state index is 0.101. The Morgan fingerprint density at radius 1 is 1.41 bits per heavy atom. The van der Waals surface area contributed by atoms with E-state index in [1.165, 1.54) is 25.7 Å². The summed E-state index contributed by atoms with van der Waals surface area (Å²) in [5.74, 6) is 0.971. The first-order valence-electron chi connectivity index (χ1n) is 6.42. The van der Waals surface area contributed by atoms with Gasteiger partial charge < -0.3 is 4.90 Å². The summed E-state index contributed by atoms with van der Waals surface area (Å²) in [6, 6.07) is 4.19. The van der Waals surface area contributed by atoms with Gasteiger partial charge in [0.2, 0.25) is 0 Å². The molecule has 0 N–H and O–H groups in total. The summed E-state index contributed by atoms with van der Waals surface area (Å²) in [4.78, 5) is 18.4. The third kappa shape index (κ3) is 2.65. The molecule has 2 heterocycles. The molecule has 0 saturated carbocycles. The number of Topliss-reactive ketones (excluding diaryl/α,β-unsaturated/α-hetero) is 1. The van der Waals surface area contributed by atoms with Gasteiger partial charge in [0.05, 0.1) is 5.56 Å². The highest BCUT2D eigenvalue weighted by Crippen LogP contribution is 2.25. The van der Waals surface area contributed by atoms with Gasteiger partial charge in [0.25, 0.3) is 0 Å². The van der Waals surface area contributed by atoms with Gasteiger partial charge in [-0.2, -0.15) is 0 Å². The quantitative estimate of drug-likeness (QED) is 0.735. The lowest BCUT2D eigenvalue weighted by Crippen LogP contribution is -2.34. The van der Waals surface area contributed by atoms with E-state index in [0.717, 1.165) is 17.9 Å². The van der Waals surface area contributed by atoms with Crippen molar-refractivity contribution in [2.75, 3.05) is 11.4 Å². The Balaban J connectivity index is 2.34. The van der Waals surface area contributed by atoms with Crippen LogP contribution in [0.5, 0.6) is 0 Å². The smallest absolute Gasteiger partial charge is 0.163 e. The van der Waals surface area contributed by atoms with E-state index < -0.39 is 0 Å². The van der Waals surface area contributed by atoms with Crippen LogP contribution in [-0.4, -0.2) is 23.4 Å². The number of nitrogens with zero attached hydrogens (tertiary/aromatic N) is 2. The molecule has 0 amide bonds. The van der Waals surface area contributed by atoms with E-state index in [9.17, 15) is 4.79 Å². The van der Waals surface area contributed by atoms with Gasteiger partial charge in [0.1, 0.15) is 5.82 Å². The largest absolute Gasteiger partial charge is 0.353 e. The number of anilines is 1. The number of carbonyl (C=O) groups is 1. The first kappa shape index (κ1) is 12.1. The van der Waals surface area contributed by atoms with Crippen LogP contribution in [0.15, 0.2) is 18.3 Å². The fraction of sp³-hybridized carbons (Fsp3) is 0.571. The highest BCUT2D eigenvalue weighted by atomic mass is 16.1. The number of pyridine rings is 1. The first-order chi connectivity index (χ1) is 8.20. The van der Waals surface area contributed by atoms with Crippen LogP contribution >= 0.6 is 0 Å². The van der Waals surface area contributed by atoms with E-state index in [4.69, 9.17) is 0 Å². The third-order valence-electron chi connectivity index (χ3n) is 3.49. The molecular weight excluding hydrogens is 212 g/mol. The van der Waals surface area contributed by atoms with E-state index in [1.807, 2.05) is 12.1 Å². The van der Waals surface area contributed by atoms with Crippen LogP contribution in [0.3, 0.4) is 0 Å². The summed E-state index contributed by atoms with van der Waals surface area (Å²) in [5, 5.41) is 0. The van der Waals surface area contributed by atoms with Crippen LogP contribution in [0.2, 0.25) is 0 Å². The molecule has 1 aliphatic rings. The predicted molar refractivity (Wildman–Crippen MR) is 69.5 cm³/mol. The number of hydrogen-bond acceptors (Lipinski definition) is 3. The van der Waals surface area contributed by atoms with Gasteiger partial charge in [0, 0.05) is 18.8 Å². The molecule has 1 aromatic rings. The van der Waals surface area contributed by atoms with Crippen LogP contribution in [0.4, 0.5) is 5.82 Å². The third-order valence-corrected chi connectivity index (χ3v) is 3.49. The second kappa shape index (κ2) is 5.30. The molecular formula is C14H20N2O. The molecule has 1 atom stereocenters. The maximum absolute atomic E-state index is 11.6. The number of hydrogen-bond donors (Lipinski definition) is 0. The van der Waals surface area contributed by atoms with E-state index in [0.29, 0.717) is 6.04 Å². The van der Waals surface area contributed by atoms with E-state index >= 15 is 0 Å². The van der Waals surface area contributed by atoms with Crippen molar-refractivity contribution in [3.05, 3.63) is 23.9 Å². The second-order valence-corrected chi connectivity index (χ2v) is 4.82. The maximum atomic E-state index is 11.6. The molecule has 1 saturated heterocycles. The fourth-order valence-corrected chi connectivity index (χ4v) is 2.49. The lowest BCUT2D eigenvalue weighted by atomic mass is 10.1. The Bertz CT molecular complexity index is 403. The molecule has 1 unspecified atom stereocenters. The molecule has 3 nitrogen and oxygen atoms in total. The highest BCUT2D eigenvalue weighted by molar-refractivity contribution is 5.98. The maximum Gasteiger partial charge on any atom is 0.163 e. The van der Waals surface area contributed by atoms with Gasteiger partial charge in [-0.25, -0.2) is 4.98 Å². The van der Waals surface area contributed by atoms with Crippen molar-refractivity contribution in [3.63, 3.8) is 0 Å². The molecule has 1 fully saturated rings. The Morgan fingerprint density at radius 2 is 2.24 bits per heavy atom. The van der Waals surface area contributed by atoms with Gasteiger partial charge >= 0.3 is 0 Å². The molecule has 17 heavy (non-hydrogen) atoms. The van der Waals surface area contributed by atoms with Crippen molar-refractivity contribution in [2.24, 2.45) is 0 Å². The summed E-state index contributed by atoms with van der Waals surface area (Å²) in [6.45, 7) is 4.85. The van der Waals surface area contributed by atoms with E-state index in [1.54, 1.807) is 13.1 Å². The van der Waals surface area contributed by atoms with Crippen molar-refractivity contribution in [2.45, 2.75) is 45.6 Å². The van der Waals surface area contributed by atoms with Crippen LogP contribution < -0.4 is 4.90 Å². The number of ketones is 1. The zero-order chi connectivity index (χ0) is 12.3. The molecule has 0 bridgehead atoms. The summed E-state index contributed by atoms with van der Waals surface area (Å²) in [5.41, 5.74) is 0.751. The average Bonchev–Trinajstić information content (AvgIpc) is 2.54. The molecule has 92 valence electrons. The summed E-state index contributed by atoms with van der Waals surface area (Å²) < 4.78 is 0. The summed E-state index contributed by atoms with van der Waals surface area (Å²) in [7, 11) is 0. The topological polar surface area (TPSA) is 33.2 Å². The Morgan fingerprint density at radius 3 is 3.00 bits per heavy atom. The predicted octanol–water partition coefficient (Wildman–Crippen LogP) is 3.05.